The maximum Gasteiger partial charge on any atom is 0.254 e. The molecule has 2 aromatic carbocycles. The maximum absolute atomic E-state index is 13.8. The van der Waals surface area contributed by atoms with Crippen LogP contribution < -0.4 is 9.47 Å². The number of ether oxygens (including phenoxy) is 2. The molecule has 0 N–H and O–H groups in total. The Morgan fingerprint density at radius 3 is 2.46 bits per heavy atom. The number of methoxy groups -OCH3 is 1. The monoisotopic (exact) mass is 540 g/mol. The van der Waals surface area contributed by atoms with E-state index in [1.165, 1.54) is 4.88 Å². The van der Waals surface area contributed by atoms with Gasteiger partial charge in [0.2, 0.25) is 5.91 Å². The Kier molecular flexibility index (Phi) is 8.14. The van der Waals surface area contributed by atoms with Crippen LogP contribution in [-0.2, 0) is 11.2 Å². The fraction of sp³-hybridized carbons (Fsp3) is 0.379. The largest absolute Gasteiger partial charge is 0.497 e. The summed E-state index contributed by atoms with van der Waals surface area (Å²) >= 11 is 7.88. The van der Waals surface area contributed by atoms with E-state index in [0.717, 1.165) is 17.5 Å². The predicted octanol–water partition coefficient (Wildman–Crippen LogP) is 6.16. The van der Waals surface area contributed by atoms with Gasteiger partial charge in [-0.1, -0.05) is 11.6 Å². The number of halogens is 1. The molecule has 1 aliphatic heterocycles. The fourth-order valence-electron chi connectivity index (χ4n) is 4.49. The molecular weight excluding hydrogens is 508 g/mol. The third kappa shape index (κ3) is 6.11. The van der Waals surface area contributed by atoms with E-state index in [-0.39, 0.29) is 24.4 Å². The first-order chi connectivity index (χ1) is 17.6. The van der Waals surface area contributed by atoms with E-state index < -0.39 is 5.54 Å². The molecule has 3 aromatic rings. The molecule has 0 bridgehead atoms. The number of benzene rings is 2. The van der Waals surface area contributed by atoms with Crippen molar-refractivity contribution in [3.8, 4) is 11.5 Å². The minimum atomic E-state index is -0.553. The highest BCUT2D eigenvalue weighted by molar-refractivity contribution is 7.10. The topological polar surface area (TPSA) is 59.1 Å². The predicted molar refractivity (Wildman–Crippen MR) is 148 cm³/mol. The van der Waals surface area contributed by atoms with Gasteiger partial charge in [0.15, 0.2) is 0 Å². The van der Waals surface area contributed by atoms with E-state index in [1.54, 1.807) is 47.6 Å². The van der Waals surface area contributed by atoms with Crippen molar-refractivity contribution in [1.29, 1.82) is 0 Å². The van der Waals surface area contributed by atoms with E-state index >= 15 is 0 Å². The summed E-state index contributed by atoms with van der Waals surface area (Å²) < 4.78 is 11.4. The summed E-state index contributed by atoms with van der Waals surface area (Å²) in [6.07, 6.45) is 0.789. The van der Waals surface area contributed by atoms with E-state index in [9.17, 15) is 9.59 Å². The van der Waals surface area contributed by atoms with Crippen molar-refractivity contribution in [3.63, 3.8) is 0 Å². The summed E-state index contributed by atoms with van der Waals surface area (Å²) in [7, 11) is 1.59. The smallest absolute Gasteiger partial charge is 0.254 e. The van der Waals surface area contributed by atoms with E-state index in [4.69, 9.17) is 21.1 Å². The van der Waals surface area contributed by atoms with E-state index in [1.807, 2.05) is 50.8 Å². The molecule has 1 aliphatic rings. The minimum Gasteiger partial charge on any atom is -0.497 e. The summed E-state index contributed by atoms with van der Waals surface area (Å²) in [4.78, 5) is 32.1. The molecule has 0 unspecified atom stereocenters. The summed E-state index contributed by atoms with van der Waals surface area (Å²) in [6, 6.07) is 14.4. The lowest BCUT2D eigenvalue weighted by atomic mass is 9.99. The fourth-order valence-corrected chi connectivity index (χ4v) is 5.53. The van der Waals surface area contributed by atoms with Gasteiger partial charge in [0.05, 0.1) is 13.2 Å². The Hall–Kier alpha value is -3.03. The van der Waals surface area contributed by atoms with E-state index in [2.05, 4.69) is 11.4 Å². The Bertz CT molecular complexity index is 1270. The first-order valence-corrected chi connectivity index (χ1v) is 13.5. The number of carbonyl (C=O) groups is 2. The number of hydrogen-bond acceptors (Lipinski definition) is 5. The Morgan fingerprint density at radius 2 is 1.81 bits per heavy atom. The Morgan fingerprint density at radius 1 is 1.11 bits per heavy atom. The first kappa shape index (κ1) is 27.0. The molecule has 0 radical (unpaired) electrons. The molecule has 0 saturated heterocycles. The number of aryl methyl sites for hydroxylation is 1. The van der Waals surface area contributed by atoms with Gasteiger partial charge < -0.3 is 19.3 Å². The Labute approximate surface area is 227 Å². The molecule has 1 atom stereocenters. The van der Waals surface area contributed by atoms with Gasteiger partial charge in [-0.25, -0.2) is 0 Å². The minimum absolute atomic E-state index is 0.0234. The van der Waals surface area contributed by atoms with E-state index in [0.29, 0.717) is 35.2 Å². The van der Waals surface area contributed by atoms with Gasteiger partial charge >= 0.3 is 0 Å². The molecule has 0 saturated carbocycles. The van der Waals surface area contributed by atoms with Crippen molar-refractivity contribution in [1.82, 2.24) is 9.80 Å². The van der Waals surface area contributed by atoms with Gasteiger partial charge in [0, 0.05) is 27.5 Å². The second-order valence-electron chi connectivity index (χ2n) is 10.2. The zero-order chi connectivity index (χ0) is 26.7. The van der Waals surface area contributed by atoms with Gasteiger partial charge in [0.1, 0.15) is 24.7 Å². The summed E-state index contributed by atoms with van der Waals surface area (Å²) in [5.41, 5.74) is 2.01. The van der Waals surface area contributed by atoms with Crippen LogP contribution in [0.25, 0.3) is 0 Å². The van der Waals surface area contributed by atoms with Gasteiger partial charge in [-0.05, 0) is 99.2 Å². The van der Waals surface area contributed by atoms with Crippen molar-refractivity contribution in [2.45, 2.75) is 45.7 Å². The lowest BCUT2D eigenvalue weighted by Gasteiger charge is -2.40. The van der Waals surface area contributed by atoms with Crippen molar-refractivity contribution in [2.24, 2.45) is 0 Å². The van der Waals surface area contributed by atoms with Crippen LogP contribution in [0.5, 0.6) is 11.5 Å². The molecular formula is C29H33ClN2O4S. The molecule has 6 nitrogen and oxygen atoms in total. The lowest BCUT2D eigenvalue weighted by molar-refractivity contribution is -0.136. The molecule has 196 valence electrons. The highest BCUT2D eigenvalue weighted by atomic mass is 35.5. The van der Waals surface area contributed by atoms with Crippen LogP contribution in [0.3, 0.4) is 0 Å². The van der Waals surface area contributed by atoms with Crippen LogP contribution >= 0.6 is 22.9 Å². The standard InChI is InChI=1S/C29H33ClN2O4S/c1-19-16-22(10-11-24(19)30)36-18-25-23-13-15-37-26(23)12-14-31(25)27(33)17-32(29(2,3)4)28(34)20-6-8-21(35-5)9-7-20/h6-11,13,15-16,25H,12,14,17-18H2,1-5H3/t25-/m0/s1. The second-order valence-corrected chi connectivity index (χ2v) is 11.6. The lowest BCUT2D eigenvalue weighted by Crippen LogP contribution is -2.53. The van der Waals surface area contributed by atoms with Crippen LogP contribution in [0, 0.1) is 6.92 Å². The van der Waals surface area contributed by atoms with Crippen LogP contribution in [0.1, 0.15) is 53.2 Å². The summed E-state index contributed by atoms with van der Waals surface area (Å²) in [6.45, 7) is 8.64. The zero-order valence-corrected chi connectivity index (χ0v) is 23.5. The van der Waals surface area contributed by atoms with Crippen molar-refractivity contribution in [3.05, 3.63) is 80.5 Å². The van der Waals surface area contributed by atoms with Crippen LogP contribution in [0.2, 0.25) is 5.02 Å². The molecule has 2 heterocycles. The molecule has 37 heavy (non-hydrogen) atoms. The van der Waals surface area contributed by atoms with Crippen LogP contribution in [0.15, 0.2) is 53.9 Å². The molecule has 0 spiro atoms. The first-order valence-electron chi connectivity index (χ1n) is 12.3. The van der Waals surface area contributed by atoms with Gasteiger partial charge in [-0.15, -0.1) is 11.3 Å². The summed E-state index contributed by atoms with van der Waals surface area (Å²) in [5, 5.41) is 2.75. The molecule has 0 aliphatic carbocycles. The van der Waals surface area contributed by atoms with Crippen LogP contribution in [0.4, 0.5) is 0 Å². The summed E-state index contributed by atoms with van der Waals surface area (Å²) in [5.74, 6) is 1.09. The Balaban J connectivity index is 1.55. The molecule has 0 fully saturated rings. The third-order valence-corrected chi connectivity index (χ3v) is 8.06. The molecule has 8 heteroatoms. The average molecular weight is 541 g/mol. The van der Waals surface area contributed by atoms with Crippen LogP contribution in [-0.4, -0.2) is 54.0 Å². The molecule has 1 aromatic heterocycles. The number of rotatable bonds is 7. The quantitative estimate of drug-likeness (QED) is 0.360. The number of fused-ring (bicyclic) bond motifs is 1. The number of amides is 2. The SMILES string of the molecule is COc1ccc(C(=O)N(CC(=O)N2CCc3sccc3[C@@H]2COc2ccc(Cl)c(C)c2)C(C)(C)C)cc1. The average Bonchev–Trinajstić information content (AvgIpc) is 3.36. The molecule has 2 amide bonds. The van der Waals surface area contributed by atoms with Crippen molar-refractivity contribution >= 4 is 34.8 Å². The van der Waals surface area contributed by atoms with Gasteiger partial charge in [0.25, 0.3) is 5.91 Å². The second kappa shape index (κ2) is 11.2. The normalized spacial score (nSPS) is 15.2. The molecule has 4 rings (SSSR count). The highest BCUT2D eigenvalue weighted by Gasteiger charge is 2.36. The number of nitrogens with zero attached hydrogens (tertiary/aromatic N) is 2. The van der Waals surface area contributed by atoms with Gasteiger partial charge in [-0.2, -0.15) is 0 Å². The van der Waals surface area contributed by atoms with Crippen molar-refractivity contribution in [2.75, 3.05) is 26.8 Å². The number of carbonyl (C=O) groups excluding carboxylic acids is 2. The highest BCUT2D eigenvalue weighted by Crippen LogP contribution is 2.34. The van der Waals surface area contributed by atoms with Crippen molar-refractivity contribution < 1.29 is 19.1 Å². The third-order valence-electron chi connectivity index (χ3n) is 6.64. The number of hydrogen-bond donors (Lipinski definition) is 0. The number of thiophene rings is 1. The maximum atomic E-state index is 13.8. The van der Waals surface area contributed by atoms with Gasteiger partial charge in [-0.3, -0.25) is 9.59 Å². The zero-order valence-electron chi connectivity index (χ0n) is 21.9.